The Morgan fingerprint density at radius 1 is 1.35 bits per heavy atom. The maximum absolute atomic E-state index is 9.97. The number of aliphatic hydroxyl groups excluding tert-OH is 1. The fraction of sp³-hybridized carbons (Fsp3) is 0.571. The molecule has 0 fully saturated rings. The van der Waals surface area contributed by atoms with E-state index < -0.39 is 6.10 Å². The fourth-order valence-electron chi connectivity index (χ4n) is 1.83. The van der Waals surface area contributed by atoms with Crippen molar-refractivity contribution in [1.82, 2.24) is 5.32 Å². The lowest BCUT2D eigenvalue weighted by molar-refractivity contribution is 0.177. The van der Waals surface area contributed by atoms with Crippen molar-refractivity contribution in [3.8, 4) is 5.75 Å². The Bertz CT molecular complexity index is 369. The number of hydrogen-bond acceptors (Lipinski definition) is 3. The van der Waals surface area contributed by atoms with Crippen molar-refractivity contribution in [2.45, 2.75) is 32.3 Å². The molecule has 3 heteroatoms. The number of benzene rings is 1. The number of ether oxygens (including phenoxy) is 1. The molecule has 1 aromatic carbocycles. The van der Waals surface area contributed by atoms with Crippen LogP contribution in [0.2, 0.25) is 0 Å². The van der Waals surface area contributed by atoms with Crippen LogP contribution in [-0.2, 0) is 5.41 Å². The highest BCUT2D eigenvalue weighted by Crippen LogP contribution is 2.33. The van der Waals surface area contributed by atoms with Gasteiger partial charge in [0.15, 0.2) is 0 Å². The smallest absolute Gasteiger partial charge is 0.122 e. The number of aliphatic hydroxyl groups is 1. The molecule has 1 rings (SSSR count). The number of rotatable bonds is 4. The standard InChI is InChI=1S/C14H23NO2/c1-14(2,3)11-8-10(12(16)9-15-4)6-7-13(11)17-5/h6-8,12,15-16H,9H2,1-5H3. The first kappa shape index (κ1) is 14.0. The Morgan fingerprint density at radius 2 is 2.00 bits per heavy atom. The molecule has 1 atom stereocenters. The van der Waals surface area contributed by atoms with Crippen LogP contribution in [0.25, 0.3) is 0 Å². The summed E-state index contributed by atoms with van der Waals surface area (Å²) in [5.41, 5.74) is 2.04. The second kappa shape index (κ2) is 5.52. The summed E-state index contributed by atoms with van der Waals surface area (Å²) in [5, 5.41) is 12.9. The maximum atomic E-state index is 9.97. The topological polar surface area (TPSA) is 41.5 Å². The van der Waals surface area contributed by atoms with Crippen LogP contribution in [0.1, 0.15) is 38.0 Å². The number of nitrogens with one attached hydrogen (secondary N) is 1. The summed E-state index contributed by atoms with van der Waals surface area (Å²) >= 11 is 0. The zero-order chi connectivity index (χ0) is 13.1. The Morgan fingerprint density at radius 3 is 2.47 bits per heavy atom. The van der Waals surface area contributed by atoms with E-state index in [2.05, 4.69) is 26.1 Å². The van der Waals surface area contributed by atoms with Gasteiger partial charge in [0.2, 0.25) is 0 Å². The van der Waals surface area contributed by atoms with Gasteiger partial charge in [0.1, 0.15) is 5.75 Å². The van der Waals surface area contributed by atoms with Crippen LogP contribution >= 0.6 is 0 Å². The first-order chi connectivity index (χ1) is 7.90. The molecule has 1 unspecified atom stereocenters. The molecule has 0 aliphatic carbocycles. The van der Waals surface area contributed by atoms with Crippen LogP contribution < -0.4 is 10.1 Å². The summed E-state index contributed by atoms with van der Waals surface area (Å²) in [5.74, 6) is 0.873. The van der Waals surface area contributed by atoms with Crippen molar-refractivity contribution in [3.63, 3.8) is 0 Å². The van der Waals surface area contributed by atoms with Gasteiger partial charge in [-0.3, -0.25) is 0 Å². The second-order valence-corrected chi connectivity index (χ2v) is 5.28. The molecule has 0 spiro atoms. The van der Waals surface area contributed by atoms with Crippen molar-refractivity contribution in [3.05, 3.63) is 29.3 Å². The molecule has 0 heterocycles. The molecule has 0 aliphatic heterocycles. The van der Waals surface area contributed by atoms with Gasteiger partial charge < -0.3 is 15.2 Å². The minimum Gasteiger partial charge on any atom is -0.496 e. The van der Waals surface area contributed by atoms with E-state index in [4.69, 9.17) is 4.74 Å². The number of likely N-dealkylation sites (N-methyl/N-ethyl adjacent to an activating group) is 1. The van der Waals surface area contributed by atoms with Crippen LogP contribution in [0, 0.1) is 0 Å². The van der Waals surface area contributed by atoms with Crippen LogP contribution in [-0.4, -0.2) is 25.8 Å². The highest BCUT2D eigenvalue weighted by molar-refractivity contribution is 5.42. The number of methoxy groups -OCH3 is 1. The van der Waals surface area contributed by atoms with Gasteiger partial charge in [0.05, 0.1) is 13.2 Å². The molecule has 17 heavy (non-hydrogen) atoms. The van der Waals surface area contributed by atoms with Crippen LogP contribution in [0.5, 0.6) is 5.75 Å². The van der Waals surface area contributed by atoms with Gasteiger partial charge in [0, 0.05) is 6.54 Å². The molecule has 0 radical (unpaired) electrons. The lowest BCUT2D eigenvalue weighted by Gasteiger charge is -2.24. The van der Waals surface area contributed by atoms with Crippen molar-refractivity contribution in [2.75, 3.05) is 20.7 Å². The SMILES string of the molecule is CNCC(O)c1ccc(OC)c(C(C)(C)C)c1. The zero-order valence-electron chi connectivity index (χ0n) is 11.4. The molecule has 0 amide bonds. The average Bonchev–Trinajstić information content (AvgIpc) is 2.27. The fourth-order valence-corrected chi connectivity index (χ4v) is 1.83. The predicted molar refractivity (Wildman–Crippen MR) is 70.6 cm³/mol. The minimum absolute atomic E-state index is 0.000711. The third-order valence-corrected chi connectivity index (χ3v) is 2.81. The first-order valence-electron chi connectivity index (χ1n) is 5.91. The van der Waals surface area contributed by atoms with E-state index in [-0.39, 0.29) is 5.41 Å². The van der Waals surface area contributed by atoms with Crippen LogP contribution in [0.15, 0.2) is 18.2 Å². The largest absolute Gasteiger partial charge is 0.496 e. The van der Waals surface area contributed by atoms with Gasteiger partial charge in [-0.2, -0.15) is 0 Å². The van der Waals surface area contributed by atoms with E-state index in [9.17, 15) is 5.11 Å². The summed E-state index contributed by atoms with van der Waals surface area (Å²) in [6, 6.07) is 5.87. The molecule has 0 saturated heterocycles. The number of hydrogen-bond donors (Lipinski definition) is 2. The third-order valence-electron chi connectivity index (χ3n) is 2.81. The highest BCUT2D eigenvalue weighted by Gasteiger charge is 2.20. The molecule has 0 saturated carbocycles. The Labute approximate surface area is 104 Å². The van der Waals surface area contributed by atoms with Crippen LogP contribution in [0.3, 0.4) is 0 Å². The van der Waals surface area contributed by atoms with E-state index in [1.165, 1.54) is 0 Å². The zero-order valence-corrected chi connectivity index (χ0v) is 11.4. The van der Waals surface area contributed by atoms with Crippen molar-refractivity contribution in [1.29, 1.82) is 0 Å². The Balaban J connectivity index is 3.13. The Kier molecular flexibility index (Phi) is 4.54. The summed E-state index contributed by atoms with van der Waals surface area (Å²) in [4.78, 5) is 0. The summed E-state index contributed by atoms with van der Waals surface area (Å²) in [7, 11) is 3.51. The minimum atomic E-state index is -0.480. The summed E-state index contributed by atoms with van der Waals surface area (Å²) < 4.78 is 5.37. The first-order valence-corrected chi connectivity index (χ1v) is 5.91. The molecule has 96 valence electrons. The van der Waals surface area contributed by atoms with E-state index in [1.54, 1.807) is 7.11 Å². The second-order valence-electron chi connectivity index (χ2n) is 5.28. The van der Waals surface area contributed by atoms with Gasteiger partial charge >= 0.3 is 0 Å². The molecule has 0 aromatic heterocycles. The van der Waals surface area contributed by atoms with Gasteiger partial charge in [0.25, 0.3) is 0 Å². The highest BCUT2D eigenvalue weighted by atomic mass is 16.5. The van der Waals surface area contributed by atoms with Gasteiger partial charge in [-0.25, -0.2) is 0 Å². The lowest BCUT2D eigenvalue weighted by atomic mass is 9.85. The average molecular weight is 237 g/mol. The molecule has 2 N–H and O–H groups in total. The summed E-state index contributed by atoms with van der Waals surface area (Å²) in [6.45, 7) is 6.97. The van der Waals surface area contributed by atoms with Gasteiger partial charge in [-0.15, -0.1) is 0 Å². The molecule has 3 nitrogen and oxygen atoms in total. The van der Waals surface area contributed by atoms with Crippen molar-refractivity contribution in [2.24, 2.45) is 0 Å². The van der Waals surface area contributed by atoms with E-state index >= 15 is 0 Å². The van der Waals surface area contributed by atoms with Gasteiger partial charge in [-0.1, -0.05) is 26.8 Å². The lowest BCUT2D eigenvalue weighted by Crippen LogP contribution is -2.18. The molecule has 1 aromatic rings. The predicted octanol–water partition coefficient (Wildman–Crippen LogP) is 2.25. The Hall–Kier alpha value is -1.06. The summed E-state index contributed by atoms with van der Waals surface area (Å²) in [6.07, 6.45) is -0.480. The molecule has 0 bridgehead atoms. The molecular weight excluding hydrogens is 214 g/mol. The van der Waals surface area contributed by atoms with E-state index in [0.717, 1.165) is 16.9 Å². The van der Waals surface area contributed by atoms with Gasteiger partial charge in [-0.05, 0) is 35.7 Å². The van der Waals surface area contributed by atoms with Crippen LogP contribution in [0.4, 0.5) is 0 Å². The third kappa shape index (κ3) is 3.45. The monoisotopic (exact) mass is 237 g/mol. The molecule has 0 aliphatic rings. The normalized spacial score (nSPS) is 13.5. The van der Waals surface area contributed by atoms with E-state index in [0.29, 0.717) is 6.54 Å². The quantitative estimate of drug-likeness (QED) is 0.844. The van der Waals surface area contributed by atoms with Crippen molar-refractivity contribution >= 4 is 0 Å². The van der Waals surface area contributed by atoms with E-state index in [1.807, 2.05) is 25.2 Å². The van der Waals surface area contributed by atoms with Crippen molar-refractivity contribution < 1.29 is 9.84 Å². The maximum Gasteiger partial charge on any atom is 0.122 e. The molecular formula is C14H23NO2.